The quantitative estimate of drug-likeness (QED) is 0.728. The molecule has 0 aliphatic heterocycles. The van der Waals surface area contributed by atoms with Gasteiger partial charge in [0.15, 0.2) is 0 Å². The van der Waals surface area contributed by atoms with E-state index in [1.807, 2.05) is 30.3 Å². The topological polar surface area (TPSA) is 50.2 Å². The molecule has 0 amide bonds. The summed E-state index contributed by atoms with van der Waals surface area (Å²) in [6.45, 7) is 0.256. The van der Waals surface area contributed by atoms with Crippen molar-refractivity contribution >= 4 is 14.1 Å². The average Bonchev–Trinajstić information content (AvgIpc) is 2.16. The number of benzene rings is 1. The third-order valence-corrected chi connectivity index (χ3v) is 1.61. The highest BCUT2D eigenvalue weighted by Crippen LogP contribution is 2.05. The van der Waals surface area contributed by atoms with E-state index in [1.54, 1.807) is 0 Å². The molecule has 0 atom stereocenters. The Balaban J connectivity index is 2.43. The molecule has 3 nitrogen and oxygen atoms in total. The minimum atomic E-state index is -0.515. The van der Waals surface area contributed by atoms with Crippen LogP contribution >= 0.6 is 8.37 Å². The Morgan fingerprint density at radius 2 is 2.08 bits per heavy atom. The van der Waals surface area contributed by atoms with Crippen molar-refractivity contribution in [3.8, 4) is 0 Å². The van der Waals surface area contributed by atoms with Crippen LogP contribution in [0.5, 0.6) is 0 Å². The second kappa shape index (κ2) is 4.62. The first-order valence-electron chi connectivity index (χ1n) is 3.41. The van der Waals surface area contributed by atoms with Gasteiger partial charge >= 0.3 is 5.71 Å². The van der Waals surface area contributed by atoms with Crippen molar-refractivity contribution in [1.82, 2.24) is 0 Å². The Labute approximate surface area is 72.0 Å². The third kappa shape index (κ3) is 2.81. The molecule has 62 valence electrons. The number of carbonyl (C=O) groups excluding carboxylic acids is 1. The number of hydrogen-bond donors (Lipinski definition) is 1. The fourth-order valence-electron chi connectivity index (χ4n) is 0.752. The Kier molecular flexibility index (Phi) is 3.42. The Hall–Kier alpha value is -1.21. The molecule has 1 rings (SSSR count). The van der Waals surface area contributed by atoms with Crippen LogP contribution in [0, 0.1) is 5.16 Å². The van der Waals surface area contributed by atoms with E-state index in [9.17, 15) is 4.79 Å². The van der Waals surface area contributed by atoms with Crippen molar-refractivity contribution < 1.29 is 9.53 Å². The molecule has 0 fully saturated rings. The van der Waals surface area contributed by atoms with Crippen LogP contribution in [0.4, 0.5) is 4.79 Å². The predicted molar refractivity (Wildman–Crippen MR) is 46.3 cm³/mol. The summed E-state index contributed by atoms with van der Waals surface area (Å²) < 4.78 is 4.74. The van der Waals surface area contributed by atoms with Gasteiger partial charge in [-0.3, -0.25) is 5.16 Å². The molecule has 12 heavy (non-hydrogen) atoms. The summed E-state index contributed by atoms with van der Waals surface area (Å²) in [5.41, 5.74) is 0.424. The summed E-state index contributed by atoms with van der Waals surface area (Å²) in [7, 11) is -0.0975. The van der Waals surface area contributed by atoms with Crippen LogP contribution in [0.3, 0.4) is 0 Å². The van der Waals surface area contributed by atoms with E-state index in [1.165, 1.54) is 0 Å². The van der Waals surface area contributed by atoms with E-state index in [2.05, 4.69) is 0 Å². The fourth-order valence-corrected chi connectivity index (χ4v) is 0.881. The zero-order valence-electron chi connectivity index (χ0n) is 6.36. The zero-order valence-corrected chi connectivity index (χ0v) is 7.25. The van der Waals surface area contributed by atoms with Crippen LogP contribution in [0.1, 0.15) is 5.56 Å². The molecule has 0 saturated heterocycles. The van der Waals surface area contributed by atoms with Gasteiger partial charge in [0, 0.05) is 0 Å². The first kappa shape index (κ1) is 8.88. The normalized spacial score (nSPS) is 9.67. The molecule has 1 N–H and O–H groups in total. The van der Waals surface area contributed by atoms with Crippen molar-refractivity contribution in [2.75, 3.05) is 0 Å². The number of carbonyl (C=O) groups is 1. The SMILES string of the molecule is N=PC(=O)OCc1ccccc1. The molecule has 0 saturated carbocycles. The molecule has 1 aromatic carbocycles. The van der Waals surface area contributed by atoms with Crippen molar-refractivity contribution in [3.63, 3.8) is 0 Å². The van der Waals surface area contributed by atoms with Gasteiger partial charge in [0.05, 0.1) is 0 Å². The van der Waals surface area contributed by atoms with Gasteiger partial charge in [0.2, 0.25) is 0 Å². The van der Waals surface area contributed by atoms with E-state index in [-0.39, 0.29) is 15.0 Å². The maximum absolute atomic E-state index is 10.6. The van der Waals surface area contributed by atoms with E-state index >= 15 is 0 Å². The third-order valence-electron chi connectivity index (χ3n) is 1.30. The second-order valence-electron chi connectivity index (χ2n) is 2.15. The molecule has 0 aliphatic carbocycles. The smallest absolute Gasteiger partial charge is 0.375 e. The Bertz CT molecular complexity index is 274. The highest BCUT2D eigenvalue weighted by Gasteiger charge is 1.97. The van der Waals surface area contributed by atoms with Crippen molar-refractivity contribution in [2.45, 2.75) is 6.61 Å². The molecule has 0 aliphatic rings. The molecule has 0 heterocycles. The van der Waals surface area contributed by atoms with Gasteiger partial charge in [0.1, 0.15) is 15.0 Å². The Morgan fingerprint density at radius 1 is 1.42 bits per heavy atom. The fraction of sp³-hybridized carbons (Fsp3) is 0.125. The first-order chi connectivity index (χ1) is 5.83. The van der Waals surface area contributed by atoms with Gasteiger partial charge in [0.25, 0.3) is 0 Å². The lowest BCUT2D eigenvalue weighted by molar-refractivity contribution is 0.168. The molecule has 0 spiro atoms. The zero-order chi connectivity index (χ0) is 8.81. The summed E-state index contributed by atoms with van der Waals surface area (Å²) in [5.74, 6) is 0. The molecular weight excluding hydrogens is 173 g/mol. The minimum Gasteiger partial charge on any atom is -0.453 e. The monoisotopic (exact) mass is 181 g/mol. The average molecular weight is 181 g/mol. The molecule has 1 aromatic rings. The molecule has 4 heteroatoms. The molecule has 0 unspecified atom stereocenters. The largest absolute Gasteiger partial charge is 0.453 e. The summed E-state index contributed by atoms with van der Waals surface area (Å²) in [4.78, 5) is 10.6. The van der Waals surface area contributed by atoms with Crippen molar-refractivity contribution in [1.29, 1.82) is 5.16 Å². The maximum atomic E-state index is 10.6. The van der Waals surface area contributed by atoms with Crippen LogP contribution in [0.15, 0.2) is 30.3 Å². The van der Waals surface area contributed by atoms with Gasteiger partial charge in [-0.05, 0) is 5.56 Å². The van der Waals surface area contributed by atoms with E-state index in [0.29, 0.717) is 0 Å². The van der Waals surface area contributed by atoms with E-state index in [0.717, 1.165) is 5.56 Å². The van der Waals surface area contributed by atoms with Gasteiger partial charge in [-0.15, -0.1) is 0 Å². The second-order valence-corrected chi connectivity index (χ2v) is 2.74. The summed E-state index contributed by atoms with van der Waals surface area (Å²) in [5, 5.41) is 6.67. The molecule has 0 radical (unpaired) electrons. The molecular formula is C8H8NO2P. The standard InChI is InChI=1S/C8H8NO2P/c9-12-8(10)11-6-7-4-2-1-3-5-7/h1-5,9H,6H2. The lowest BCUT2D eigenvalue weighted by Crippen LogP contribution is -1.93. The van der Waals surface area contributed by atoms with E-state index in [4.69, 9.17) is 9.90 Å². The van der Waals surface area contributed by atoms with Crippen LogP contribution in [0.25, 0.3) is 0 Å². The van der Waals surface area contributed by atoms with E-state index < -0.39 is 5.71 Å². The van der Waals surface area contributed by atoms with Gasteiger partial charge in [-0.1, -0.05) is 30.3 Å². The highest BCUT2D eigenvalue weighted by atomic mass is 31.1. The van der Waals surface area contributed by atoms with Crippen molar-refractivity contribution in [2.24, 2.45) is 0 Å². The maximum Gasteiger partial charge on any atom is 0.375 e. The van der Waals surface area contributed by atoms with Crippen LogP contribution in [0.2, 0.25) is 0 Å². The van der Waals surface area contributed by atoms with Crippen LogP contribution < -0.4 is 0 Å². The lowest BCUT2D eigenvalue weighted by Gasteiger charge is -1.99. The van der Waals surface area contributed by atoms with Gasteiger partial charge < -0.3 is 4.74 Å². The number of nitrogens with one attached hydrogen (secondary N) is 1. The van der Waals surface area contributed by atoms with Gasteiger partial charge in [-0.2, -0.15) is 0 Å². The van der Waals surface area contributed by atoms with Crippen molar-refractivity contribution in [3.05, 3.63) is 35.9 Å². The van der Waals surface area contributed by atoms with Crippen LogP contribution in [-0.2, 0) is 11.3 Å². The summed E-state index contributed by atoms with van der Waals surface area (Å²) in [6, 6.07) is 9.39. The van der Waals surface area contributed by atoms with Crippen LogP contribution in [-0.4, -0.2) is 5.71 Å². The number of rotatable bonds is 3. The van der Waals surface area contributed by atoms with Gasteiger partial charge in [-0.25, -0.2) is 4.79 Å². The number of hydrogen-bond acceptors (Lipinski definition) is 3. The molecule has 0 bridgehead atoms. The predicted octanol–water partition coefficient (Wildman–Crippen LogP) is 3.03. The lowest BCUT2D eigenvalue weighted by atomic mass is 10.2. The first-order valence-corrected chi connectivity index (χ1v) is 4.30. The highest BCUT2D eigenvalue weighted by molar-refractivity contribution is 7.46. The summed E-state index contributed by atoms with van der Waals surface area (Å²) >= 11 is 0. The minimum absolute atomic E-state index is 0.0975. The Morgan fingerprint density at radius 3 is 2.67 bits per heavy atom. The molecule has 0 aromatic heterocycles. The summed E-state index contributed by atoms with van der Waals surface area (Å²) in [6.07, 6.45) is 0. The number of ether oxygens (including phenoxy) is 1.